The van der Waals surface area contributed by atoms with E-state index < -0.39 is 17.7 Å². The predicted octanol–water partition coefficient (Wildman–Crippen LogP) is 2.13. The molecule has 2 aliphatic heterocycles. The fraction of sp³-hybridized carbons (Fsp3) is 0.400. The van der Waals surface area contributed by atoms with Crippen LogP contribution in [0.4, 0.5) is 4.39 Å². The van der Waals surface area contributed by atoms with E-state index in [1.807, 2.05) is 6.92 Å². The molecule has 0 saturated carbocycles. The zero-order chi connectivity index (χ0) is 23.9. The van der Waals surface area contributed by atoms with Gasteiger partial charge in [0.25, 0.3) is 5.56 Å². The molecule has 0 radical (unpaired) electrons. The number of benzene rings is 1. The van der Waals surface area contributed by atoms with E-state index in [0.717, 1.165) is 22.1 Å². The van der Waals surface area contributed by atoms with Crippen molar-refractivity contribution >= 4 is 16.9 Å². The van der Waals surface area contributed by atoms with Gasteiger partial charge in [0, 0.05) is 28.1 Å². The van der Waals surface area contributed by atoms with Crippen LogP contribution in [0.2, 0.25) is 0 Å². The molecular weight excluding hydrogens is 443 g/mol. The van der Waals surface area contributed by atoms with Gasteiger partial charge >= 0.3 is 5.97 Å². The first kappa shape index (κ1) is 21.4. The number of ether oxygens (including phenoxy) is 2. The number of halogens is 1. The minimum Gasteiger partial charge on any atom is -0.458 e. The number of nitrogens with zero attached hydrogens (tertiary/aromatic N) is 2. The molecule has 2 N–H and O–H groups in total. The molecule has 34 heavy (non-hydrogen) atoms. The summed E-state index contributed by atoms with van der Waals surface area (Å²) in [4.78, 5) is 30.0. The van der Waals surface area contributed by atoms with Crippen molar-refractivity contribution in [2.75, 3.05) is 13.2 Å². The molecular formula is C25H23FN2O6. The normalized spacial score (nSPS) is 22.4. The van der Waals surface area contributed by atoms with Gasteiger partial charge in [-0.2, -0.15) is 0 Å². The summed E-state index contributed by atoms with van der Waals surface area (Å²) in [6.45, 7) is 3.73. The lowest BCUT2D eigenvalue weighted by Crippen LogP contribution is -2.34. The van der Waals surface area contributed by atoms with Crippen LogP contribution >= 0.6 is 0 Å². The molecule has 0 bridgehead atoms. The molecule has 176 valence electrons. The first-order valence-corrected chi connectivity index (χ1v) is 11.3. The Kier molecular flexibility index (Phi) is 4.52. The Hall–Kier alpha value is -3.14. The summed E-state index contributed by atoms with van der Waals surface area (Å²) in [6, 6.07) is 3.01. The summed E-state index contributed by atoms with van der Waals surface area (Å²) in [5.41, 5.74) is 3.84. The van der Waals surface area contributed by atoms with Crippen molar-refractivity contribution in [3.8, 4) is 11.4 Å². The number of aryl methyl sites for hydroxylation is 1. The molecule has 6 rings (SSSR count). The van der Waals surface area contributed by atoms with Gasteiger partial charge < -0.3 is 24.3 Å². The lowest BCUT2D eigenvalue weighted by atomic mass is 9.76. The molecule has 0 fully saturated rings. The SMILES string of the molecule is Cc1c(F)cc2nc3c(c4c2c1CCC4(C)OCCO)Cn1c-3cc2c(c1=O)COC(=O)C2O. The number of hydrogen-bond acceptors (Lipinski definition) is 7. The Labute approximate surface area is 193 Å². The van der Waals surface area contributed by atoms with Crippen LogP contribution in [0.25, 0.3) is 22.3 Å². The second-order valence-electron chi connectivity index (χ2n) is 9.34. The highest BCUT2D eigenvalue weighted by Gasteiger charge is 2.41. The number of carbonyl (C=O) groups is 1. The van der Waals surface area contributed by atoms with E-state index in [9.17, 15) is 24.2 Å². The summed E-state index contributed by atoms with van der Waals surface area (Å²) in [6.07, 6.45) is -0.365. The molecule has 1 aliphatic carbocycles. The Morgan fingerprint density at radius 1 is 1.29 bits per heavy atom. The second kappa shape index (κ2) is 7.18. The third-order valence-electron chi connectivity index (χ3n) is 7.47. The summed E-state index contributed by atoms with van der Waals surface area (Å²) in [7, 11) is 0. The summed E-state index contributed by atoms with van der Waals surface area (Å²) in [5.74, 6) is -1.15. The van der Waals surface area contributed by atoms with Crippen molar-refractivity contribution in [2.24, 2.45) is 0 Å². The molecule has 4 heterocycles. The number of carbonyl (C=O) groups excluding carboxylic acids is 1. The van der Waals surface area contributed by atoms with Crippen LogP contribution in [0.1, 0.15) is 52.8 Å². The van der Waals surface area contributed by atoms with Crippen LogP contribution in [0.3, 0.4) is 0 Å². The van der Waals surface area contributed by atoms with Crippen LogP contribution in [-0.4, -0.2) is 38.9 Å². The maximum absolute atomic E-state index is 14.8. The number of rotatable bonds is 3. The van der Waals surface area contributed by atoms with Gasteiger partial charge in [0.05, 0.1) is 47.8 Å². The summed E-state index contributed by atoms with van der Waals surface area (Å²) in [5, 5.41) is 20.6. The van der Waals surface area contributed by atoms with E-state index in [-0.39, 0.29) is 48.9 Å². The van der Waals surface area contributed by atoms with E-state index in [1.165, 1.54) is 6.07 Å². The second-order valence-corrected chi connectivity index (χ2v) is 9.34. The maximum Gasteiger partial charge on any atom is 0.340 e. The van der Waals surface area contributed by atoms with Gasteiger partial charge in [-0.25, -0.2) is 14.2 Å². The standard InChI is InChI=1S/C25H23FN2O6/c1-11-12-3-4-25(2,34-6-5-29)20-14-9-28-18(21(14)27-17(19(12)20)8-16(11)26)7-13-15(23(28)31)10-33-24(32)22(13)30/h7-8,22,29-30H,3-6,9-10H2,1-2H3. The quantitative estimate of drug-likeness (QED) is 0.445. The lowest BCUT2D eigenvalue weighted by Gasteiger charge is -2.37. The first-order chi connectivity index (χ1) is 16.2. The van der Waals surface area contributed by atoms with Crippen molar-refractivity contribution in [3.63, 3.8) is 0 Å². The Bertz CT molecular complexity index is 1480. The minimum absolute atomic E-state index is 0.136. The number of pyridine rings is 2. The van der Waals surface area contributed by atoms with Gasteiger partial charge in [0.1, 0.15) is 12.4 Å². The Balaban J connectivity index is 1.68. The third-order valence-corrected chi connectivity index (χ3v) is 7.47. The number of cyclic esters (lactones) is 1. The third kappa shape index (κ3) is 2.71. The number of aliphatic hydroxyl groups excluding tert-OH is 2. The average Bonchev–Trinajstić information content (AvgIpc) is 3.18. The van der Waals surface area contributed by atoms with Gasteiger partial charge in [-0.3, -0.25) is 4.79 Å². The van der Waals surface area contributed by atoms with Crippen LogP contribution in [0, 0.1) is 12.7 Å². The molecule has 9 heteroatoms. The van der Waals surface area contributed by atoms with Gasteiger partial charge in [-0.1, -0.05) is 0 Å². The van der Waals surface area contributed by atoms with Crippen molar-refractivity contribution in [1.29, 1.82) is 0 Å². The highest BCUT2D eigenvalue weighted by Crippen LogP contribution is 2.48. The van der Waals surface area contributed by atoms with Gasteiger partial charge in [-0.05, 0) is 43.9 Å². The van der Waals surface area contributed by atoms with Crippen LogP contribution in [-0.2, 0) is 39.4 Å². The molecule has 3 aromatic rings. The Morgan fingerprint density at radius 2 is 2.09 bits per heavy atom. The molecule has 2 atom stereocenters. The van der Waals surface area contributed by atoms with Gasteiger partial charge in [0.15, 0.2) is 6.10 Å². The predicted molar refractivity (Wildman–Crippen MR) is 119 cm³/mol. The number of esters is 1. The molecule has 3 aliphatic rings. The Morgan fingerprint density at radius 3 is 2.85 bits per heavy atom. The van der Waals surface area contributed by atoms with Gasteiger partial charge in [0.2, 0.25) is 0 Å². The largest absolute Gasteiger partial charge is 0.458 e. The molecule has 0 amide bonds. The van der Waals surface area contributed by atoms with Crippen LogP contribution in [0.15, 0.2) is 16.9 Å². The number of fused-ring (bicyclic) bond motifs is 5. The smallest absolute Gasteiger partial charge is 0.340 e. The van der Waals surface area contributed by atoms with Gasteiger partial charge in [-0.15, -0.1) is 0 Å². The monoisotopic (exact) mass is 466 g/mol. The molecule has 1 aromatic carbocycles. The summed E-state index contributed by atoms with van der Waals surface area (Å²) < 4.78 is 27.5. The molecule has 2 unspecified atom stereocenters. The molecule has 8 nitrogen and oxygen atoms in total. The zero-order valence-electron chi connectivity index (χ0n) is 18.8. The van der Waals surface area contributed by atoms with E-state index in [0.29, 0.717) is 35.3 Å². The number of aromatic nitrogens is 2. The fourth-order valence-electron chi connectivity index (χ4n) is 5.73. The minimum atomic E-state index is -1.55. The molecule has 0 spiro atoms. The van der Waals surface area contributed by atoms with Crippen molar-refractivity contribution < 1.29 is 28.9 Å². The topological polar surface area (TPSA) is 111 Å². The van der Waals surface area contributed by atoms with E-state index in [4.69, 9.17) is 14.5 Å². The number of aliphatic hydroxyl groups is 2. The maximum atomic E-state index is 14.8. The van der Waals surface area contributed by atoms with Crippen LogP contribution in [0.5, 0.6) is 0 Å². The highest BCUT2D eigenvalue weighted by atomic mass is 19.1. The number of hydrogen-bond donors (Lipinski definition) is 2. The van der Waals surface area contributed by atoms with E-state index >= 15 is 0 Å². The zero-order valence-corrected chi connectivity index (χ0v) is 18.8. The molecule has 0 saturated heterocycles. The lowest BCUT2D eigenvalue weighted by molar-refractivity contribution is -0.157. The summed E-state index contributed by atoms with van der Waals surface area (Å²) >= 11 is 0. The molecule has 2 aromatic heterocycles. The fourth-order valence-corrected chi connectivity index (χ4v) is 5.73. The first-order valence-electron chi connectivity index (χ1n) is 11.3. The van der Waals surface area contributed by atoms with Crippen molar-refractivity contribution in [3.05, 3.63) is 61.7 Å². The van der Waals surface area contributed by atoms with E-state index in [1.54, 1.807) is 17.6 Å². The highest BCUT2D eigenvalue weighted by molar-refractivity contribution is 5.93. The van der Waals surface area contributed by atoms with Crippen LogP contribution < -0.4 is 5.56 Å². The average molecular weight is 466 g/mol. The van der Waals surface area contributed by atoms with Crippen molar-refractivity contribution in [1.82, 2.24) is 9.55 Å². The van der Waals surface area contributed by atoms with E-state index in [2.05, 4.69) is 0 Å². The van der Waals surface area contributed by atoms with Crippen molar-refractivity contribution in [2.45, 2.75) is 51.5 Å².